The van der Waals surface area contributed by atoms with Crippen LogP contribution >= 0.6 is 0 Å². The molecule has 4 aromatic carbocycles. The van der Waals surface area contributed by atoms with Crippen molar-refractivity contribution in [2.45, 2.75) is 12.5 Å². The fourth-order valence-corrected chi connectivity index (χ4v) is 5.09. The maximum atomic E-state index is 13.7. The third-order valence-electron chi connectivity index (χ3n) is 7.06. The molecule has 5 aromatic rings. The number of hydrogen-bond donors (Lipinski definition) is 2. The van der Waals surface area contributed by atoms with Gasteiger partial charge in [0.05, 0.1) is 5.52 Å². The van der Waals surface area contributed by atoms with Crippen LogP contribution in [-0.4, -0.2) is 46.7 Å². The minimum atomic E-state index is 0.0452. The van der Waals surface area contributed by atoms with E-state index in [4.69, 9.17) is 0 Å². The summed E-state index contributed by atoms with van der Waals surface area (Å²) in [5.74, 6) is 6.62. The minimum Gasteiger partial charge on any atom is -0.333 e. The van der Waals surface area contributed by atoms with Gasteiger partial charge in [0.25, 0.3) is 5.91 Å². The maximum absolute atomic E-state index is 13.7. The van der Waals surface area contributed by atoms with Crippen LogP contribution in [0.3, 0.4) is 0 Å². The molecule has 5 nitrogen and oxygen atoms in total. The molecule has 1 atom stereocenters. The van der Waals surface area contributed by atoms with Crippen molar-refractivity contribution in [2.75, 3.05) is 19.6 Å². The molecule has 2 N–H and O–H groups in total. The molecule has 186 valence electrons. The Morgan fingerprint density at radius 3 is 2.50 bits per heavy atom. The zero-order valence-electron chi connectivity index (χ0n) is 21.0. The van der Waals surface area contributed by atoms with Crippen LogP contribution in [-0.2, 0) is 6.42 Å². The Morgan fingerprint density at radius 2 is 1.66 bits per heavy atom. The van der Waals surface area contributed by atoms with E-state index in [2.05, 4.69) is 57.7 Å². The first-order chi connectivity index (χ1) is 18.8. The van der Waals surface area contributed by atoms with Crippen molar-refractivity contribution >= 4 is 16.8 Å². The van der Waals surface area contributed by atoms with Gasteiger partial charge < -0.3 is 10.2 Å². The van der Waals surface area contributed by atoms with Crippen molar-refractivity contribution in [2.24, 2.45) is 0 Å². The lowest BCUT2D eigenvalue weighted by molar-refractivity contribution is 0.0636. The Labute approximate surface area is 222 Å². The van der Waals surface area contributed by atoms with Crippen LogP contribution in [0, 0.1) is 11.8 Å². The Morgan fingerprint density at radius 1 is 0.895 bits per heavy atom. The zero-order valence-corrected chi connectivity index (χ0v) is 21.0. The number of fused-ring (bicyclic) bond motifs is 1. The maximum Gasteiger partial charge on any atom is 0.254 e. The molecule has 1 saturated heterocycles. The van der Waals surface area contributed by atoms with Gasteiger partial charge in [-0.15, -0.1) is 0 Å². The molecule has 0 saturated carbocycles. The van der Waals surface area contributed by atoms with E-state index in [-0.39, 0.29) is 11.9 Å². The van der Waals surface area contributed by atoms with Crippen molar-refractivity contribution < 1.29 is 4.79 Å². The van der Waals surface area contributed by atoms with Crippen molar-refractivity contribution in [3.63, 3.8) is 0 Å². The van der Waals surface area contributed by atoms with Crippen molar-refractivity contribution in [3.8, 4) is 23.0 Å². The molecule has 6 rings (SSSR count). The van der Waals surface area contributed by atoms with Gasteiger partial charge in [0, 0.05) is 42.2 Å². The van der Waals surface area contributed by atoms with Gasteiger partial charge in [-0.05, 0) is 53.3 Å². The monoisotopic (exact) mass is 496 g/mol. The Bertz CT molecular complexity index is 1630. The Hall–Kier alpha value is -4.66. The molecule has 5 heteroatoms. The standard InChI is InChI=1S/C33H28N4O/c38-33(37-20-19-34-23-28(37)21-24-9-3-1-4-10-24)27-16-18-32-30(22-27)31(35-36-32)17-15-26-13-7-8-14-29(26)25-11-5-2-6-12-25/h1-14,16,18,22,28,34H,19-21,23H2,(H,35,36)/t28-/m1/s1. The van der Waals surface area contributed by atoms with E-state index in [9.17, 15) is 4.79 Å². The summed E-state index contributed by atoms with van der Waals surface area (Å²) < 4.78 is 0. The fraction of sp³-hybridized carbons (Fsp3) is 0.152. The summed E-state index contributed by atoms with van der Waals surface area (Å²) in [6.07, 6.45) is 0.824. The second-order valence-electron chi connectivity index (χ2n) is 9.54. The summed E-state index contributed by atoms with van der Waals surface area (Å²) in [7, 11) is 0. The number of nitrogens with one attached hydrogen (secondary N) is 2. The highest BCUT2D eigenvalue weighted by Gasteiger charge is 2.27. The van der Waals surface area contributed by atoms with Crippen molar-refractivity contribution in [1.29, 1.82) is 0 Å². The normalized spacial score (nSPS) is 15.2. The van der Waals surface area contributed by atoms with Gasteiger partial charge >= 0.3 is 0 Å². The largest absolute Gasteiger partial charge is 0.333 e. The third-order valence-corrected chi connectivity index (χ3v) is 7.06. The fourth-order valence-electron chi connectivity index (χ4n) is 5.09. The molecule has 1 amide bonds. The van der Waals surface area contributed by atoms with Gasteiger partial charge in [-0.25, -0.2) is 0 Å². The lowest BCUT2D eigenvalue weighted by atomic mass is 10.00. The van der Waals surface area contributed by atoms with E-state index in [1.165, 1.54) is 5.56 Å². The molecule has 0 aliphatic carbocycles. The van der Waals surface area contributed by atoms with E-state index in [1.807, 2.05) is 77.7 Å². The number of benzene rings is 4. The van der Waals surface area contributed by atoms with Gasteiger partial charge in [-0.1, -0.05) is 84.8 Å². The van der Waals surface area contributed by atoms with Crippen LogP contribution in [0.25, 0.3) is 22.0 Å². The first kappa shape index (κ1) is 23.7. The van der Waals surface area contributed by atoms with Gasteiger partial charge in [-0.3, -0.25) is 9.89 Å². The highest BCUT2D eigenvalue weighted by molar-refractivity contribution is 5.99. The molecular weight excluding hydrogens is 468 g/mol. The lowest BCUT2D eigenvalue weighted by Gasteiger charge is -2.36. The molecule has 1 fully saturated rings. The highest BCUT2D eigenvalue weighted by Crippen LogP contribution is 2.24. The summed E-state index contributed by atoms with van der Waals surface area (Å²) in [5, 5.41) is 11.8. The van der Waals surface area contributed by atoms with Crippen LogP contribution in [0.1, 0.15) is 27.2 Å². The van der Waals surface area contributed by atoms with Gasteiger partial charge in [0.15, 0.2) is 0 Å². The van der Waals surface area contributed by atoms with Crippen LogP contribution in [0.4, 0.5) is 0 Å². The Balaban J connectivity index is 1.29. The average Bonchev–Trinajstić information content (AvgIpc) is 3.39. The minimum absolute atomic E-state index is 0.0452. The summed E-state index contributed by atoms with van der Waals surface area (Å²) >= 11 is 0. The van der Waals surface area contributed by atoms with Crippen LogP contribution in [0.2, 0.25) is 0 Å². The number of carbonyl (C=O) groups excluding carboxylic acids is 1. The van der Waals surface area contributed by atoms with Crippen molar-refractivity contribution in [1.82, 2.24) is 20.4 Å². The second kappa shape index (κ2) is 10.8. The summed E-state index contributed by atoms with van der Waals surface area (Å²) in [6.45, 7) is 2.26. The predicted molar refractivity (Wildman–Crippen MR) is 152 cm³/mol. The smallest absolute Gasteiger partial charge is 0.254 e. The van der Waals surface area contributed by atoms with Gasteiger partial charge in [0.2, 0.25) is 0 Å². The number of H-pyrrole nitrogens is 1. The summed E-state index contributed by atoms with van der Waals surface area (Å²) in [4.78, 5) is 15.7. The molecule has 38 heavy (non-hydrogen) atoms. The van der Waals surface area contributed by atoms with E-state index >= 15 is 0 Å². The Kier molecular flexibility index (Phi) is 6.72. The molecule has 0 bridgehead atoms. The molecule has 1 aliphatic heterocycles. The number of rotatable bonds is 4. The van der Waals surface area contributed by atoms with Crippen molar-refractivity contribution in [3.05, 3.63) is 126 Å². The van der Waals surface area contributed by atoms with Gasteiger partial charge in [0.1, 0.15) is 5.69 Å². The topological polar surface area (TPSA) is 61.0 Å². The zero-order chi connectivity index (χ0) is 25.7. The predicted octanol–water partition coefficient (Wildman–Crippen LogP) is 5.29. The number of carbonyl (C=O) groups is 1. The highest BCUT2D eigenvalue weighted by atomic mass is 16.2. The molecule has 0 unspecified atom stereocenters. The third kappa shape index (κ3) is 4.95. The SMILES string of the molecule is O=C(c1ccc2[nH]nc(C#Cc3ccccc3-c3ccccc3)c2c1)N1CCNC[C@H]1Cc1ccccc1. The molecule has 1 aromatic heterocycles. The second-order valence-corrected chi connectivity index (χ2v) is 9.54. The summed E-state index contributed by atoms with van der Waals surface area (Å²) in [5.41, 5.74) is 6.54. The number of hydrogen-bond acceptors (Lipinski definition) is 3. The molecule has 2 heterocycles. The summed E-state index contributed by atoms with van der Waals surface area (Å²) in [6, 6.07) is 34.6. The van der Waals surface area contributed by atoms with E-state index < -0.39 is 0 Å². The number of amides is 1. The number of aromatic amines is 1. The quantitative estimate of drug-likeness (QED) is 0.333. The van der Waals surface area contributed by atoms with Gasteiger partial charge in [-0.2, -0.15) is 5.10 Å². The van der Waals surface area contributed by atoms with E-state index in [0.29, 0.717) is 17.8 Å². The van der Waals surface area contributed by atoms with Crippen LogP contribution in [0.5, 0.6) is 0 Å². The first-order valence-corrected chi connectivity index (χ1v) is 13.0. The van der Waals surface area contributed by atoms with E-state index in [1.54, 1.807) is 0 Å². The average molecular weight is 497 g/mol. The molecule has 0 radical (unpaired) electrons. The molecule has 0 spiro atoms. The number of aromatic nitrogens is 2. The van der Waals surface area contributed by atoms with Crippen LogP contribution < -0.4 is 5.32 Å². The molecule has 1 aliphatic rings. The lowest BCUT2D eigenvalue weighted by Crippen LogP contribution is -2.54. The number of piperazine rings is 1. The van der Waals surface area contributed by atoms with E-state index in [0.717, 1.165) is 47.1 Å². The molecular formula is C33H28N4O. The number of nitrogens with zero attached hydrogens (tertiary/aromatic N) is 2. The first-order valence-electron chi connectivity index (χ1n) is 13.0. The van der Waals surface area contributed by atoms with Crippen LogP contribution in [0.15, 0.2) is 103 Å².